The Bertz CT molecular complexity index is 324. The fourth-order valence-corrected chi connectivity index (χ4v) is 1.75. The normalized spacial score (nSPS) is 12.2. The van der Waals surface area contributed by atoms with Gasteiger partial charge in [-0.25, -0.2) is 0 Å². The van der Waals surface area contributed by atoms with Crippen molar-refractivity contribution in [1.82, 2.24) is 9.88 Å². The average Bonchev–Trinajstić information content (AvgIpc) is 2.29. The van der Waals surface area contributed by atoms with Crippen LogP contribution in [-0.4, -0.2) is 22.8 Å². The molecule has 0 aliphatic heterocycles. The van der Waals surface area contributed by atoms with Crippen LogP contribution in [0.3, 0.4) is 0 Å². The lowest BCUT2D eigenvalue weighted by Gasteiger charge is -2.20. The molecule has 0 radical (unpaired) electrons. The number of carbonyl (C=O) groups is 1. The predicted octanol–water partition coefficient (Wildman–Crippen LogP) is 2.48. The number of aromatic nitrogens is 1. The standard InChI is InChI=1S/C13H20N2O/c1-4-7-11(2)13(16)15(3)10-12-8-5-6-9-14-12/h5-6,8-9,11H,4,7,10H2,1-3H3. The van der Waals surface area contributed by atoms with Crippen molar-refractivity contribution in [2.45, 2.75) is 33.2 Å². The first-order valence-corrected chi connectivity index (χ1v) is 5.80. The lowest BCUT2D eigenvalue weighted by atomic mass is 10.0. The maximum Gasteiger partial charge on any atom is 0.225 e. The molecule has 0 spiro atoms. The lowest BCUT2D eigenvalue weighted by Crippen LogP contribution is -2.31. The molecule has 1 amide bonds. The summed E-state index contributed by atoms with van der Waals surface area (Å²) in [6.07, 6.45) is 3.75. The monoisotopic (exact) mass is 220 g/mol. The summed E-state index contributed by atoms with van der Waals surface area (Å²) in [6, 6.07) is 5.76. The molecule has 1 atom stereocenters. The minimum Gasteiger partial charge on any atom is -0.340 e. The van der Waals surface area contributed by atoms with Crippen LogP contribution in [0.15, 0.2) is 24.4 Å². The van der Waals surface area contributed by atoms with Crippen molar-refractivity contribution in [1.29, 1.82) is 0 Å². The summed E-state index contributed by atoms with van der Waals surface area (Å²) >= 11 is 0. The topological polar surface area (TPSA) is 33.2 Å². The Morgan fingerprint density at radius 3 is 2.81 bits per heavy atom. The highest BCUT2D eigenvalue weighted by Gasteiger charge is 2.16. The van der Waals surface area contributed by atoms with Crippen molar-refractivity contribution < 1.29 is 4.79 Å². The third-order valence-corrected chi connectivity index (χ3v) is 2.64. The van der Waals surface area contributed by atoms with Crippen LogP contribution in [0, 0.1) is 5.92 Å². The Kier molecular flexibility index (Phi) is 4.96. The summed E-state index contributed by atoms with van der Waals surface area (Å²) in [7, 11) is 1.84. The van der Waals surface area contributed by atoms with Crippen LogP contribution in [-0.2, 0) is 11.3 Å². The molecule has 3 heteroatoms. The molecule has 16 heavy (non-hydrogen) atoms. The zero-order valence-corrected chi connectivity index (χ0v) is 10.3. The summed E-state index contributed by atoms with van der Waals surface area (Å²) in [6.45, 7) is 4.68. The van der Waals surface area contributed by atoms with Crippen LogP contribution >= 0.6 is 0 Å². The van der Waals surface area contributed by atoms with Crippen LogP contribution in [0.4, 0.5) is 0 Å². The van der Waals surface area contributed by atoms with E-state index in [0.29, 0.717) is 6.54 Å². The molecule has 0 fully saturated rings. The first kappa shape index (κ1) is 12.7. The minimum atomic E-state index is 0.110. The summed E-state index contributed by atoms with van der Waals surface area (Å²) in [5.74, 6) is 0.311. The van der Waals surface area contributed by atoms with E-state index in [-0.39, 0.29) is 11.8 Å². The molecule has 1 aromatic rings. The van der Waals surface area contributed by atoms with Crippen LogP contribution in [0.2, 0.25) is 0 Å². The highest BCUT2D eigenvalue weighted by atomic mass is 16.2. The number of nitrogens with zero attached hydrogens (tertiary/aromatic N) is 2. The van der Waals surface area contributed by atoms with E-state index in [1.807, 2.05) is 32.2 Å². The van der Waals surface area contributed by atoms with Crippen molar-refractivity contribution >= 4 is 5.91 Å². The van der Waals surface area contributed by atoms with E-state index >= 15 is 0 Å². The Morgan fingerprint density at radius 2 is 2.25 bits per heavy atom. The third kappa shape index (κ3) is 3.65. The maximum atomic E-state index is 11.9. The summed E-state index contributed by atoms with van der Waals surface area (Å²) in [5.41, 5.74) is 0.932. The molecule has 0 aromatic carbocycles. The Morgan fingerprint density at radius 1 is 1.50 bits per heavy atom. The number of hydrogen-bond donors (Lipinski definition) is 0. The molecule has 0 bridgehead atoms. The molecule has 1 aromatic heterocycles. The fourth-order valence-electron chi connectivity index (χ4n) is 1.75. The molecular formula is C13H20N2O. The SMILES string of the molecule is CCCC(C)C(=O)N(C)Cc1ccccn1. The van der Waals surface area contributed by atoms with Gasteiger partial charge in [-0.05, 0) is 18.6 Å². The van der Waals surface area contributed by atoms with E-state index in [0.717, 1.165) is 18.5 Å². The van der Waals surface area contributed by atoms with Crippen LogP contribution in [0.1, 0.15) is 32.4 Å². The predicted molar refractivity (Wildman–Crippen MR) is 64.8 cm³/mol. The number of amides is 1. The Labute approximate surface area is 97.5 Å². The van der Waals surface area contributed by atoms with Gasteiger partial charge in [-0.1, -0.05) is 26.3 Å². The molecule has 1 unspecified atom stereocenters. The quantitative estimate of drug-likeness (QED) is 0.763. The van der Waals surface area contributed by atoms with Gasteiger partial charge in [-0.3, -0.25) is 9.78 Å². The smallest absolute Gasteiger partial charge is 0.225 e. The maximum absolute atomic E-state index is 11.9. The molecule has 3 nitrogen and oxygen atoms in total. The molecule has 1 heterocycles. The zero-order valence-electron chi connectivity index (χ0n) is 10.3. The third-order valence-electron chi connectivity index (χ3n) is 2.64. The van der Waals surface area contributed by atoms with Crippen molar-refractivity contribution in [3.8, 4) is 0 Å². The van der Waals surface area contributed by atoms with Crippen molar-refractivity contribution in [3.05, 3.63) is 30.1 Å². The lowest BCUT2D eigenvalue weighted by molar-refractivity contribution is -0.134. The second-order valence-corrected chi connectivity index (χ2v) is 4.21. The summed E-state index contributed by atoms with van der Waals surface area (Å²) in [5, 5.41) is 0. The first-order valence-electron chi connectivity index (χ1n) is 5.80. The Balaban J connectivity index is 2.52. The summed E-state index contributed by atoms with van der Waals surface area (Å²) < 4.78 is 0. The van der Waals surface area contributed by atoms with Crippen LogP contribution < -0.4 is 0 Å². The van der Waals surface area contributed by atoms with Gasteiger partial charge in [0.2, 0.25) is 5.91 Å². The van der Waals surface area contributed by atoms with Crippen LogP contribution in [0.25, 0.3) is 0 Å². The van der Waals surface area contributed by atoms with Crippen molar-refractivity contribution in [3.63, 3.8) is 0 Å². The van der Waals surface area contributed by atoms with E-state index in [2.05, 4.69) is 11.9 Å². The van der Waals surface area contributed by atoms with Crippen LogP contribution in [0.5, 0.6) is 0 Å². The minimum absolute atomic E-state index is 0.110. The molecule has 0 aliphatic carbocycles. The zero-order chi connectivity index (χ0) is 12.0. The molecule has 0 saturated carbocycles. The number of carbonyl (C=O) groups excluding carboxylic acids is 1. The number of rotatable bonds is 5. The average molecular weight is 220 g/mol. The van der Waals surface area contributed by atoms with Gasteiger partial charge in [0.15, 0.2) is 0 Å². The molecule has 88 valence electrons. The molecular weight excluding hydrogens is 200 g/mol. The van der Waals surface area contributed by atoms with Gasteiger partial charge in [0.25, 0.3) is 0 Å². The Hall–Kier alpha value is -1.38. The molecule has 1 rings (SSSR count). The van der Waals surface area contributed by atoms with E-state index < -0.39 is 0 Å². The van der Waals surface area contributed by atoms with E-state index in [1.165, 1.54) is 0 Å². The molecule has 0 saturated heterocycles. The van der Waals surface area contributed by atoms with Gasteiger partial charge in [0.05, 0.1) is 12.2 Å². The van der Waals surface area contributed by atoms with Gasteiger partial charge < -0.3 is 4.90 Å². The number of hydrogen-bond acceptors (Lipinski definition) is 2. The highest BCUT2D eigenvalue weighted by Crippen LogP contribution is 2.10. The largest absolute Gasteiger partial charge is 0.340 e. The fraction of sp³-hybridized carbons (Fsp3) is 0.538. The second-order valence-electron chi connectivity index (χ2n) is 4.21. The summed E-state index contributed by atoms with van der Waals surface area (Å²) in [4.78, 5) is 17.9. The highest BCUT2D eigenvalue weighted by molar-refractivity contribution is 5.78. The van der Waals surface area contributed by atoms with Crippen molar-refractivity contribution in [2.75, 3.05) is 7.05 Å². The van der Waals surface area contributed by atoms with E-state index in [4.69, 9.17) is 0 Å². The van der Waals surface area contributed by atoms with E-state index in [9.17, 15) is 4.79 Å². The molecule has 0 aliphatic rings. The van der Waals surface area contributed by atoms with Gasteiger partial charge in [-0.2, -0.15) is 0 Å². The second kappa shape index (κ2) is 6.26. The van der Waals surface area contributed by atoms with Gasteiger partial charge in [0, 0.05) is 19.2 Å². The number of pyridine rings is 1. The van der Waals surface area contributed by atoms with Gasteiger partial charge in [-0.15, -0.1) is 0 Å². The van der Waals surface area contributed by atoms with Gasteiger partial charge in [0.1, 0.15) is 0 Å². The van der Waals surface area contributed by atoms with E-state index in [1.54, 1.807) is 11.1 Å². The molecule has 0 N–H and O–H groups in total. The first-order chi connectivity index (χ1) is 7.65. The van der Waals surface area contributed by atoms with Gasteiger partial charge >= 0.3 is 0 Å². The van der Waals surface area contributed by atoms with Crippen molar-refractivity contribution in [2.24, 2.45) is 5.92 Å².